The fraction of sp³-hybridized carbons (Fsp3) is 0.263. The van der Waals surface area contributed by atoms with E-state index >= 15 is 0 Å². The maximum absolute atomic E-state index is 12.1. The summed E-state index contributed by atoms with van der Waals surface area (Å²) in [6, 6.07) is 12.9. The Hall–Kier alpha value is -2.54. The van der Waals surface area contributed by atoms with Crippen LogP contribution in [0.25, 0.3) is 0 Å². The molecule has 1 aromatic carbocycles. The number of benzene rings is 1. The number of nitrogens with zero attached hydrogens (tertiary/aromatic N) is 2. The summed E-state index contributed by atoms with van der Waals surface area (Å²) in [5.74, 6) is 1.40. The molecule has 1 amide bonds. The van der Waals surface area contributed by atoms with Crippen molar-refractivity contribution >= 4 is 21.8 Å². The SMILES string of the molecule is Cc1ccnn1CCCNC(=O)c1ccc(COc2ccc(Br)cc2)o1. The summed E-state index contributed by atoms with van der Waals surface area (Å²) in [6.45, 7) is 3.60. The number of rotatable bonds is 8. The van der Waals surface area contributed by atoms with E-state index in [0.29, 0.717) is 12.3 Å². The van der Waals surface area contributed by atoms with Gasteiger partial charge in [-0.3, -0.25) is 9.48 Å². The molecule has 2 heterocycles. The summed E-state index contributed by atoms with van der Waals surface area (Å²) in [7, 11) is 0. The van der Waals surface area contributed by atoms with E-state index in [2.05, 4.69) is 26.3 Å². The van der Waals surface area contributed by atoms with Crippen molar-refractivity contribution in [2.24, 2.45) is 0 Å². The quantitative estimate of drug-likeness (QED) is 0.563. The lowest BCUT2D eigenvalue weighted by Crippen LogP contribution is -2.25. The van der Waals surface area contributed by atoms with Crippen molar-refractivity contribution in [2.75, 3.05) is 6.54 Å². The molecule has 0 spiro atoms. The summed E-state index contributed by atoms with van der Waals surface area (Å²) in [6.07, 6.45) is 2.57. The normalized spacial score (nSPS) is 10.7. The summed E-state index contributed by atoms with van der Waals surface area (Å²) in [4.78, 5) is 12.1. The Balaban J connectivity index is 1.42. The van der Waals surface area contributed by atoms with Gasteiger partial charge in [-0.05, 0) is 55.8 Å². The first-order valence-electron chi connectivity index (χ1n) is 8.35. The smallest absolute Gasteiger partial charge is 0.286 e. The lowest BCUT2D eigenvalue weighted by molar-refractivity contribution is 0.0921. The first-order valence-corrected chi connectivity index (χ1v) is 9.15. The fourth-order valence-electron chi connectivity index (χ4n) is 2.41. The van der Waals surface area contributed by atoms with Crippen molar-refractivity contribution in [3.63, 3.8) is 0 Å². The van der Waals surface area contributed by atoms with Crippen molar-refractivity contribution in [3.8, 4) is 5.75 Å². The molecule has 0 aliphatic carbocycles. The van der Waals surface area contributed by atoms with Gasteiger partial charge in [0.05, 0.1) is 0 Å². The Bertz CT molecular complexity index is 855. The van der Waals surface area contributed by atoms with Gasteiger partial charge in [0.1, 0.15) is 18.1 Å². The van der Waals surface area contributed by atoms with Crippen molar-refractivity contribution in [3.05, 3.63) is 70.3 Å². The van der Waals surface area contributed by atoms with Gasteiger partial charge >= 0.3 is 0 Å². The second-order valence-electron chi connectivity index (χ2n) is 5.81. The highest BCUT2D eigenvalue weighted by molar-refractivity contribution is 9.10. The first kappa shape index (κ1) is 18.3. The van der Waals surface area contributed by atoms with Crippen LogP contribution in [0.2, 0.25) is 0 Å². The van der Waals surface area contributed by atoms with E-state index < -0.39 is 0 Å². The predicted molar refractivity (Wildman–Crippen MR) is 101 cm³/mol. The van der Waals surface area contributed by atoms with Crippen LogP contribution in [0.3, 0.4) is 0 Å². The molecule has 2 aromatic heterocycles. The molecule has 3 rings (SSSR count). The van der Waals surface area contributed by atoms with Crippen LogP contribution in [-0.4, -0.2) is 22.2 Å². The number of hydrogen-bond donors (Lipinski definition) is 1. The average Bonchev–Trinajstić information content (AvgIpc) is 3.27. The van der Waals surface area contributed by atoms with Gasteiger partial charge in [0.25, 0.3) is 5.91 Å². The van der Waals surface area contributed by atoms with Crippen molar-refractivity contribution < 1.29 is 13.9 Å². The van der Waals surface area contributed by atoms with Gasteiger partial charge in [-0.1, -0.05) is 15.9 Å². The standard InChI is InChI=1S/C19H20BrN3O3/c1-14-9-11-22-23(14)12-2-10-21-19(24)18-8-7-17(26-18)13-25-16-5-3-15(20)4-6-16/h3-9,11H,2,10,12-13H2,1H3,(H,21,24). The summed E-state index contributed by atoms with van der Waals surface area (Å²) < 4.78 is 14.1. The molecule has 0 saturated heterocycles. The van der Waals surface area contributed by atoms with Crippen LogP contribution in [0.5, 0.6) is 5.75 Å². The minimum atomic E-state index is -0.225. The van der Waals surface area contributed by atoms with Crippen molar-refractivity contribution in [2.45, 2.75) is 26.5 Å². The minimum Gasteiger partial charge on any atom is -0.486 e. The van der Waals surface area contributed by atoms with Crippen LogP contribution in [0, 0.1) is 6.92 Å². The highest BCUT2D eigenvalue weighted by atomic mass is 79.9. The second kappa shape index (κ2) is 8.71. The number of aromatic nitrogens is 2. The zero-order chi connectivity index (χ0) is 18.4. The van der Waals surface area contributed by atoms with Crippen LogP contribution in [0.15, 0.2) is 57.6 Å². The molecule has 7 heteroatoms. The molecule has 0 aliphatic rings. The zero-order valence-electron chi connectivity index (χ0n) is 14.4. The molecule has 0 aliphatic heterocycles. The number of amides is 1. The predicted octanol–water partition coefficient (Wildman–Crippen LogP) is 3.95. The topological polar surface area (TPSA) is 69.3 Å². The number of carbonyl (C=O) groups is 1. The molecule has 0 unspecified atom stereocenters. The van der Waals surface area contributed by atoms with E-state index in [0.717, 1.165) is 28.9 Å². The maximum Gasteiger partial charge on any atom is 0.286 e. The van der Waals surface area contributed by atoms with Gasteiger partial charge < -0.3 is 14.5 Å². The van der Waals surface area contributed by atoms with Gasteiger partial charge in [0.15, 0.2) is 5.76 Å². The van der Waals surface area contributed by atoms with E-state index in [-0.39, 0.29) is 18.3 Å². The molecular formula is C19H20BrN3O3. The van der Waals surface area contributed by atoms with Gasteiger partial charge in [-0.25, -0.2) is 0 Å². The van der Waals surface area contributed by atoms with E-state index in [1.165, 1.54) is 0 Å². The van der Waals surface area contributed by atoms with Crippen molar-refractivity contribution in [1.29, 1.82) is 0 Å². The molecule has 26 heavy (non-hydrogen) atoms. The largest absolute Gasteiger partial charge is 0.486 e. The maximum atomic E-state index is 12.1. The number of carbonyl (C=O) groups excluding carboxylic acids is 1. The Morgan fingerprint density at radius 3 is 2.77 bits per heavy atom. The number of halogens is 1. The Morgan fingerprint density at radius 1 is 1.23 bits per heavy atom. The summed E-state index contributed by atoms with van der Waals surface area (Å²) >= 11 is 3.38. The lowest BCUT2D eigenvalue weighted by atomic mass is 10.3. The molecule has 6 nitrogen and oxygen atoms in total. The molecule has 0 fully saturated rings. The molecular weight excluding hydrogens is 398 g/mol. The third-order valence-electron chi connectivity index (χ3n) is 3.84. The van der Waals surface area contributed by atoms with Crippen LogP contribution in [-0.2, 0) is 13.2 Å². The highest BCUT2D eigenvalue weighted by Gasteiger charge is 2.11. The number of hydrogen-bond acceptors (Lipinski definition) is 4. The summed E-state index contributed by atoms with van der Waals surface area (Å²) in [5.41, 5.74) is 1.11. The molecule has 0 atom stereocenters. The number of nitrogens with one attached hydrogen (secondary N) is 1. The Labute approximate surface area is 160 Å². The van der Waals surface area contributed by atoms with E-state index in [1.807, 2.05) is 41.9 Å². The highest BCUT2D eigenvalue weighted by Crippen LogP contribution is 2.18. The van der Waals surface area contributed by atoms with E-state index in [1.54, 1.807) is 18.3 Å². The Morgan fingerprint density at radius 2 is 2.04 bits per heavy atom. The summed E-state index contributed by atoms with van der Waals surface area (Å²) in [5, 5.41) is 7.07. The van der Waals surface area contributed by atoms with Crippen LogP contribution < -0.4 is 10.1 Å². The van der Waals surface area contributed by atoms with Crippen molar-refractivity contribution in [1.82, 2.24) is 15.1 Å². The molecule has 0 radical (unpaired) electrons. The molecule has 3 aromatic rings. The van der Waals surface area contributed by atoms with E-state index in [9.17, 15) is 4.79 Å². The monoisotopic (exact) mass is 417 g/mol. The molecule has 136 valence electrons. The third kappa shape index (κ3) is 4.98. The van der Waals surface area contributed by atoms with E-state index in [4.69, 9.17) is 9.15 Å². The van der Waals surface area contributed by atoms with Crippen LogP contribution in [0.1, 0.15) is 28.4 Å². The van der Waals surface area contributed by atoms with Crippen LogP contribution in [0.4, 0.5) is 0 Å². The number of ether oxygens (including phenoxy) is 1. The third-order valence-corrected chi connectivity index (χ3v) is 4.37. The second-order valence-corrected chi connectivity index (χ2v) is 6.73. The van der Waals surface area contributed by atoms with Gasteiger partial charge in [0, 0.05) is 29.5 Å². The first-order chi connectivity index (χ1) is 12.6. The van der Waals surface area contributed by atoms with Crippen LogP contribution >= 0.6 is 15.9 Å². The average molecular weight is 418 g/mol. The number of furan rings is 1. The molecule has 1 N–H and O–H groups in total. The zero-order valence-corrected chi connectivity index (χ0v) is 16.0. The Kier molecular flexibility index (Phi) is 6.12. The van der Waals surface area contributed by atoms with Gasteiger partial charge in [-0.15, -0.1) is 0 Å². The van der Waals surface area contributed by atoms with Gasteiger partial charge in [0.2, 0.25) is 0 Å². The minimum absolute atomic E-state index is 0.225. The molecule has 0 saturated carbocycles. The van der Waals surface area contributed by atoms with Gasteiger partial charge in [-0.2, -0.15) is 5.10 Å². The fourth-order valence-corrected chi connectivity index (χ4v) is 2.68. The number of aryl methyl sites for hydroxylation is 2. The molecule has 0 bridgehead atoms. The lowest BCUT2D eigenvalue weighted by Gasteiger charge is -2.06.